The van der Waals surface area contributed by atoms with E-state index in [0.29, 0.717) is 36.2 Å². The number of hydrogen-bond donors (Lipinski definition) is 2. The molecule has 2 aliphatic heterocycles. The number of aromatic hydroxyl groups is 1. The third kappa shape index (κ3) is 4.13. The first-order valence-electron chi connectivity index (χ1n) is 15.9. The molecular weight excluding hydrogens is 582 g/mol. The number of rotatable bonds is 7. The number of anilines is 1. The highest BCUT2D eigenvalue weighted by molar-refractivity contribution is 6.13. The average Bonchev–Trinajstić information content (AvgIpc) is 3.44. The van der Waals surface area contributed by atoms with Crippen molar-refractivity contribution < 1.29 is 29.0 Å². The summed E-state index contributed by atoms with van der Waals surface area (Å²) in [4.78, 5) is 58.6. The van der Waals surface area contributed by atoms with Crippen LogP contribution in [-0.4, -0.2) is 52.3 Å². The van der Waals surface area contributed by atoms with Gasteiger partial charge in [-0.25, -0.2) is 0 Å². The van der Waals surface area contributed by atoms with Crippen molar-refractivity contribution in [2.75, 3.05) is 19.1 Å². The number of ether oxygens (including phenoxy) is 1. The molecule has 236 valence electrons. The highest BCUT2D eigenvalue weighted by Gasteiger charge is 2.70. The second-order valence-electron chi connectivity index (χ2n) is 12.8. The first kappa shape index (κ1) is 29.8. The molecule has 2 heterocycles. The van der Waals surface area contributed by atoms with Gasteiger partial charge < -0.3 is 9.84 Å². The van der Waals surface area contributed by atoms with Gasteiger partial charge in [0.2, 0.25) is 11.8 Å². The molecule has 1 saturated carbocycles. The molecule has 3 fully saturated rings. The van der Waals surface area contributed by atoms with Gasteiger partial charge in [-0.2, -0.15) is 5.01 Å². The number of hydrogen-bond acceptors (Lipinski definition) is 7. The smallest absolute Gasteiger partial charge is 0.260 e. The molecule has 4 amide bonds. The van der Waals surface area contributed by atoms with Gasteiger partial charge >= 0.3 is 0 Å². The zero-order chi connectivity index (χ0) is 32.3. The Morgan fingerprint density at radius 2 is 1.65 bits per heavy atom. The number of amides is 4. The van der Waals surface area contributed by atoms with E-state index in [1.54, 1.807) is 18.2 Å². The number of methoxy groups -OCH3 is 1. The Hall–Kier alpha value is -4.92. The number of hydrazine groups is 1. The van der Waals surface area contributed by atoms with Crippen LogP contribution in [0.5, 0.6) is 11.5 Å². The largest absolute Gasteiger partial charge is 0.504 e. The molecule has 0 spiro atoms. The summed E-state index contributed by atoms with van der Waals surface area (Å²) >= 11 is 0. The Balaban J connectivity index is 1.46. The molecule has 3 aromatic rings. The minimum atomic E-state index is -1.45. The summed E-state index contributed by atoms with van der Waals surface area (Å²) in [5, 5.41) is 12.8. The zero-order valence-electron chi connectivity index (χ0n) is 26.1. The SMILES string of the molecule is CCCN1C(=O)C2CC=C3C(CC4C(=O)N(Nc5ccc(C)cc5)C(=O)C4(c4ccccc4)C3c3cccc(OC)c3O)C2C1=O. The Morgan fingerprint density at radius 3 is 2.35 bits per heavy atom. The van der Waals surface area contributed by atoms with Gasteiger partial charge in [0, 0.05) is 18.0 Å². The summed E-state index contributed by atoms with van der Waals surface area (Å²) in [5.41, 5.74) is 5.12. The molecule has 2 aliphatic carbocycles. The van der Waals surface area contributed by atoms with Gasteiger partial charge in [-0.05, 0) is 55.9 Å². The van der Waals surface area contributed by atoms with Crippen LogP contribution in [0.4, 0.5) is 5.69 Å². The number of para-hydroxylation sites is 1. The summed E-state index contributed by atoms with van der Waals surface area (Å²) in [5.74, 6) is -4.50. The van der Waals surface area contributed by atoms with Crippen LogP contribution in [-0.2, 0) is 24.6 Å². The lowest BCUT2D eigenvalue weighted by atomic mass is 9.49. The second kappa shape index (κ2) is 11.2. The molecule has 7 rings (SSSR count). The Morgan fingerprint density at radius 1 is 0.913 bits per heavy atom. The number of nitrogens with one attached hydrogen (secondary N) is 1. The first-order valence-corrected chi connectivity index (χ1v) is 15.9. The van der Waals surface area contributed by atoms with Crippen LogP contribution in [0.2, 0.25) is 0 Å². The lowest BCUT2D eigenvalue weighted by molar-refractivity contribution is -0.141. The van der Waals surface area contributed by atoms with E-state index < -0.39 is 46.8 Å². The van der Waals surface area contributed by atoms with Gasteiger partial charge in [-0.3, -0.25) is 29.5 Å². The lowest BCUT2D eigenvalue weighted by Crippen LogP contribution is -2.53. The third-order valence-corrected chi connectivity index (χ3v) is 10.5. The number of allylic oxidation sites excluding steroid dienone is 2. The monoisotopic (exact) mass is 619 g/mol. The molecule has 0 bridgehead atoms. The number of imide groups is 2. The minimum Gasteiger partial charge on any atom is -0.504 e. The number of aryl methyl sites for hydroxylation is 1. The predicted molar refractivity (Wildman–Crippen MR) is 170 cm³/mol. The second-order valence-corrected chi connectivity index (χ2v) is 12.8. The number of fused-ring (bicyclic) bond motifs is 4. The van der Waals surface area contributed by atoms with Crippen molar-refractivity contribution in [1.82, 2.24) is 9.91 Å². The highest BCUT2D eigenvalue weighted by atomic mass is 16.5. The summed E-state index contributed by atoms with van der Waals surface area (Å²) in [6.07, 6.45) is 3.18. The summed E-state index contributed by atoms with van der Waals surface area (Å²) in [7, 11) is 1.46. The van der Waals surface area contributed by atoms with Crippen molar-refractivity contribution in [1.29, 1.82) is 0 Å². The molecule has 6 unspecified atom stereocenters. The molecule has 2 saturated heterocycles. The zero-order valence-corrected chi connectivity index (χ0v) is 26.1. The van der Waals surface area contributed by atoms with Crippen molar-refractivity contribution in [3.8, 4) is 11.5 Å². The molecule has 4 aliphatic rings. The highest BCUT2D eigenvalue weighted by Crippen LogP contribution is 2.65. The van der Waals surface area contributed by atoms with Crippen LogP contribution in [0.15, 0.2) is 84.4 Å². The van der Waals surface area contributed by atoms with E-state index >= 15 is 4.79 Å². The van der Waals surface area contributed by atoms with E-state index in [1.807, 2.05) is 74.5 Å². The molecular formula is C37H37N3O6. The number of carbonyl (C=O) groups is 4. The van der Waals surface area contributed by atoms with E-state index in [4.69, 9.17) is 4.74 Å². The third-order valence-electron chi connectivity index (χ3n) is 10.5. The fraction of sp³-hybridized carbons (Fsp3) is 0.351. The average molecular weight is 620 g/mol. The number of phenols is 1. The van der Waals surface area contributed by atoms with Gasteiger partial charge in [0.05, 0.1) is 36.0 Å². The molecule has 3 aromatic carbocycles. The quantitative estimate of drug-likeness (QED) is 0.279. The van der Waals surface area contributed by atoms with Crippen molar-refractivity contribution in [2.45, 2.75) is 44.4 Å². The van der Waals surface area contributed by atoms with Crippen LogP contribution >= 0.6 is 0 Å². The Kier molecular flexibility index (Phi) is 7.22. The standard InChI is InChI=1S/C37H37N3O6/c1-4-19-39-33(42)25-18-17-24-27(30(25)35(39)44)20-28-34(43)40(38-23-15-13-21(2)14-16-23)36(45)37(28,22-9-6-5-7-10-22)31(24)26-11-8-12-29(46-3)32(26)41/h5-17,25,27-28,30-31,38,41H,4,18-20H2,1-3H3. The molecule has 6 atom stereocenters. The summed E-state index contributed by atoms with van der Waals surface area (Å²) in [6, 6.07) is 21.9. The fourth-order valence-corrected chi connectivity index (χ4v) is 8.54. The molecule has 2 N–H and O–H groups in total. The molecule has 9 heteroatoms. The maximum Gasteiger partial charge on any atom is 0.260 e. The molecule has 9 nitrogen and oxygen atoms in total. The maximum atomic E-state index is 15.1. The van der Waals surface area contributed by atoms with Crippen molar-refractivity contribution in [3.63, 3.8) is 0 Å². The van der Waals surface area contributed by atoms with E-state index in [-0.39, 0.29) is 29.7 Å². The molecule has 0 aromatic heterocycles. The van der Waals surface area contributed by atoms with Gasteiger partial charge in [0.25, 0.3) is 11.8 Å². The van der Waals surface area contributed by atoms with Crippen LogP contribution in [0.25, 0.3) is 0 Å². The van der Waals surface area contributed by atoms with E-state index in [2.05, 4.69) is 5.43 Å². The summed E-state index contributed by atoms with van der Waals surface area (Å²) < 4.78 is 5.51. The van der Waals surface area contributed by atoms with Crippen LogP contribution in [0.3, 0.4) is 0 Å². The van der Waals surface area contributed by atoms with E-state index in [0.717, 1.165) is 16.1 Å². The van der Waals surface area contributed by atoms with E-state index in [1.165, 1.54) is 12.0 Å². The van der Waals surface area contributed by atoms with Gasteiger partial charge in [0.1, 0.15) is 0 Å². The van der Waals surface area contributed by atoms with Gasteiger partial charge in [-0.1, -0.05) is 78.7 Å². The predicted octanol–water partition coefficient (Wildman–Crippen LogP) is 5.10. The topological polar surface area (TPSA) is 116 Å². The van der Waals surface area contributed by atoms with E-state index in [9.17, 15) is 19.5 Å². The lowest BCUT2D eigenvalue weighted by Gasteiger charge is -2.50. The van der Waals surface area contributed by atoms with Crippen molar-refractivity contribution >= 4 is 29.3 Å². The number of carbonyl (C=O) groups excluding carboxylic acids is 4. The van der Waals surface area contributed by atoms with Crippen LogP contribution in [0.1, 0.15) is 48.8 Å². The van der Waals surface area contributed by atoms with Gasteiger partial charge in [0.15, 0.2) is 11.5 Å². The number of phenolic OH excluding ortho intramolecular Hbond substituents is 1. The Labute approximate surface area is 267 Å². The Bertz CT molecular complexity index is 1770. The van der Waals surface area contributed by atoms with Crippen molar-refractivity contribution in [3.05, 3.63) is 101 Å². The summed E-state index contributed by atoms with van der Waals surface area (Å²) in [6.45, 7) is 4.23. The molecule has 0 radical (unpaired) electrons. The van der Waals surface area contributed by atoms with Gasteiger partial charge in [-0.15, -0.1) is 0 Å². The number of likely N-dealkylation sites (tertiary alicyclic amines) is 1. The minimum absolute atomic E-state index is 0.126. The normalized spacial score (nSPS) is 28.5. The fourth-order valence-electron chi connectivity index (χ4n) is 8.54. The number of nitrogens with zero attached hydrogens (tertiary/aromatic N) is 2. The molecule has 46 heavy (non-hydrogen) atoms. The number of benzene rings is 3. The van der Waals surface area contributed by atoms with Crippen LogP contribution < -0.4 is 10.2 Å². The van der Waals surface area contributed by atoms with Crippen LogP contribution in [0, 0.1) is 30.6 Å². The first-order chi connectivity index (χ1) is 22.2. The maximum absolute atomic E-state index is 15.1. The van der Waals surface area contributed by atoms with Crippen molar-refractivity contribution in [2.24, 2.45) is 23.7 Å².